The number of hydrogen-bond acceptors (Lipinski definition) is 4. The van der Waals surface area contributed by atoms with Crippen LogP contribution in [0.2, 0.25) is 0 Å². The molecular weight excluding hydrogens is 290 g/mol. The Morgan fingerprint density at radius 2 is 1.89 bits per heavy atom. The summed E-state index contributed by atoms with van der Waals surface area (Å²) in [6, 6.07) is 7.38. The van der Waals surface area contributed by atoms with Crippen LogP contribution >= 0.6 is 12.4 Å². The summed E-state index contributed by atoms with van der Waals surface area (Å²) in [6.07, 6.45) is 1.43. The van der Waals surface area contributed by atoms with Crippen LogP contribution in [0.25, 0.3) is 0 Å². The van der Waals surface area contributed by atoms with E-state index in [0.717, 1.165) is 5.41 Å². The minimum Gasteiger partial charge on any atom is -0.481 e. The van der Waals surface area contributed by atoms with Crippen molar-refractivity contribution in [3.8, 4) is 0 Å². The molecule has 0 bridgehead atoms. The van der Waals surface area contributed by atoms with Crippen molar-refractivity contribution < 1.29 is 18.3 Å². The summed E-state index contributed by atoms with van der Waals surface area (Å²) < 4.78 is 23.6. The molecule has 0 radical (unpaired) electrons. The van der Waals surface area contributed by atoms with Crippen LogP contribution in [-0.4, -0.2) is 25.5 Å². The molecule has 19 heavy (non-hydrogen) atoms. The number of carboxylic acids is 1. The van der Waals surface area contributed by atoms with Crippen LogP contribution in [0.5, 0.6) is 0 Å². The van der Waals surface area contributed by atoms with Crippen LogP contribution in [0.15, 0.2) is 46.7 Å². The van der Waals surface area contributed by atoms with Gasteiger partial charge in [-0.2, -0.15) is 0 Å². The van der Waals surface area contributed by atoms with E-state index in [1.54, 1.807) is 18.2 Å². The Morgan fingerprint density at radius 3 is 2.42 bits per heavy atom. The average Bonchev–Trinajstić information content (AvgIpc) is 2.35. The van der Waals surface area contributed by atoms with Gasteiger partial charge in [0.15, 0.2) is 9.84 Å². The van der Waals surface area contributed by atoms with Gasteiger partial charge in [-0.15, -0.1) is 12.4 Å². The fourth-order valence-corrected chi connectivity index (χ4v) is 2.38. The number of sulfone groups is 1. The van der Waals surface area contributed by atoms with Crippen molar-refractivity contribution in [1.29, 1.82) is 0 Å². The lowest BCUT2D eigenvalue weighted by molar-refractivity contribution is -0.137. The summed E-state index contributed by atoms with van der Waals surface area (Å²) in [4.78, 5) is 10.5. The van der Waals surface area contributed by atoms with Crippen LogP contribution in [0.4, 0.5) is 0 Å². The number of nitrogens with two attached hydrogens (primary N) is 1. The number of carbonyl (C=O) groups is 1. The zero-order valence-corrected chi connectivity index (χ0v) is 11.7. The van der Waals surface area contributed by atoms with Gasteiger partial charge in [-0.25, -0.2) is 8.42 Å². The molecule has 0 heterocycles. The molecule has 0 aromatic heterocycles. The molecule has 0 amide bonds. The first-order valence-corrected chi connectivity index (χ1v) is 6.92. The first kappa shape index (κ1) is 17.6. The smallest absolute Gasteiger partial charge is 0.303 e. The Labute approximate surface area is 118 Å². The summed E-state index contributed by atoms with van der Waals surface area (Å²) in [6.45, 7) is 0. The lowest BCUT2D eigenvalue weighted by Gasteiger charge is -2.04. The predicted molar refractivity (Wildman–Crippen MR) is 74.9 cm³/mol. The number of halogens is 1. The normalized spacial score (nSPS) is 12.9. The molecule has 0 aliphatic carbocycles. The zero-order valence-electron chi connectivity index (χ0n) is 10.1. The van der Waals surface area contributed by atoms with Crippen LogP contribution in [-0.2, 0) is 14.6 Å². The van der Waals surface area contributed by atoms with Crippen LogP contribution < -0.4 is 5.73 Å². The zero-order chi connectivity index (χ0) is 13.6. The van der Waals surface area contributed by atoms with E-state index in [9.17, 15) is 13.2 Å². The van der Waals surface area contributed by atoms with Crippen LogP contribution in [0.1, 0.15) is 12.8 Å². The molecule has 7 heteroatoms. The van der Waals surface area contributed by atoms with Crippen molar-refractivity contribution >= 4 is 28.2 Å². The van der Waals surface area contributed by atoms with Crippen LogP contribution in [0.3, 0.4) is 0 Å². The molecule has 1 aromatic rings. The molecule has 0 saturated heterocycles. The molecule has 1 atom stereocenters. The van der Waals surface area contributed by atoms with Crippen molar-refractivity contribution in [3.63, 3.8) is 0 Å². The van der Waals surface area contributed by atoms with E-state index < -0.39 is 21.8 Å². The monoisotopic (exact) mass is 305 g/mol. The highest BCUT2D eigenvalue weighted by atomic mass is 35.5. The molecule has 1 unspecified atom stereocenters. The van der Waals surface area contributed by atoms with Gasteiger partial charge >= 0.3 is 5.97 Å². The van der Waals surface area contributed by atoms with Gasteiger partial charge in [0.2, 0.25) is 0 Å². The fraction of sp³-hybridized carbons (Fsp3) is 0.250. The molecule has 0 fully saturated rings. The number of benzene rings is 1. The second-order valence-electron chi connectivity index (χ2n) is 3.78. The highest BCUT2D eigenvalue weighted by Gasteiger charge is 2.10. The minimum atomic E-state index is -3.50. The average molecular weight is 306 g/mol. The Kier molecular flexibility index (Phi) is 7.36. The van der Waals surface area contributed by atoms with E-state index in [4.69, 9.17) is 10.8 Å². The summed E-state index contributed by atoms with van der Waals surface area (Å²) in [5, 5.41) is 9.49. The second-order valence-corrected chi connectivity index (χ2v) is 5.62. The SMILES string of the molecule is Cl.NC(C=CS(=O)(=O)c1ccccc1)CCC(=O)O. The van der Waals surface area contributed by atoms with Crippen molar-refractivity contribution in [2.24, 2.45) is 5.73 Å². The standard InChI is InChI=1S/C12H15NO4S.ClH/c13-10(6-7-12(14)15)8-9-18(16,17)11-4-2-1-3-5-11;/h1-5,8-10H,6-7,13H2,(H,14,15);1H. The van der Waals surface area contributed by atoms with E-state index in [2.05, 4.69) is 0 Å². The second kappa shape index (κ2) is 7.93. The number of carboxylic acid groups (broad SMARTS) is 1. The first-order valence-electron chi connectivity index (χ1n) is 5.37. The molecule has 3 N–H and O–H groups in total. The third kappa shape index (κ3) is 6.37. The van der Waals surface area contributed by atoms with Gasteiger partial charge in [-0.1, -0.05) is 24.3 Å². The third-order valence-corrected chi connectivity index (χ3v) is 3.71. The van der Waals surface area contributed by atoms with Gasteiger partial charge < -0.3 is 10.8 Å². The Hall–Kier alpha value is -1.37. The molecule has 5 nitrogen and oxygen atoms in total. The summed E-state index contributed by atoms with van der Waals surface area (Å²) in [5.74, 6) is -0.954. The number of hydrogen-bond donors (Lipinski definition) is 2. The van der Waals surface area contributed by atoms with E-state index in [-0.39, 0.29) is 30.1 Å². The molecule has 0 aliphatic rings. The van der Waals surface area contributed by atoms with Gasteiger partial charge in [-0.05, 0) is 18.6 Å². The van der Waals surface area contributed by atoms with Crippen molar-refractivity contribution in [1.82, 2.24) is 0 Å². The maximum atomic E-state index is 11.8. The highest BCUT2D eigenvalue weighted by molar-refractivity contribution is 7.94. The fourth-order valence-electron chi connectivity index (χ4n) is 1.28. The molecule has 106 valence electrons. The highest BCUT2D eigenvalue weighted by Crippen LogP contribution is 2.11. The molecule has 0 saturated carbocycles. The van der Waals surface area contributed by atoms with Crippen molar-refractivity contribution in [2.45, 2.75) is 23.8 Å². The van der Waals surface area contributed by atoms with Crippen molar-refractivity contribution in [2.75, 3.05) is 0 Å². The summed E-state index contributed by atoms with van der Waals surface area (Å²) >= 11 is 0. The maximum absolute atomic E-state index is 11.8. The minimum absolute atomic E-state index is 0. The van der Waals surface area contributed by atoms with Gasteiger partial charge in [0, 0.05) is 17.9 Å². The van der Waals surface area contributed by atoms with Gasteiger partial charge in [0.05, 0.1) is 4.90 Å². The van der Waals surface area contributed by atoms with E-state index in [0.29, 0.717) is 0 Å². The Balaban J connectivity index is 0.00000324. The van der Waals surface area contributed by atoms with E-state index in [1.807, 2.05) is 0 Å². The molecular formula is C12H16ClNO4S. The van der Waals surface area contributed by atoms with Gasteiger partial charge in [0.1, 0.15) is 0 Å². The van der Waals surface area contributed by atoms with Gasteiger partial charge in [0.25, 0.3) is 0 Å². The topological polar surface area (TPSA) is 97.5 Å². The molecule has 0 spiro atoms. The van der Waals surface area contributed by atoms with Crippen molar-refractivity contribution in [3.05, 3.63) is 41.8 Å². The maximum Gasteiger partial charge on any atom is 0.303 e. The Bertz CT molecular complexity index is 528. The quantitative estimate of drug-likeness (QED) is 0.831. The van der Waals surface area contributed by atoms with E-state index >= 15 is 0 Å². The molecule has 0 aliphatic heterocycles. The summed E-state index contributed by atoms with van der Waals surface area (Å²) in [7, 11) is -3.50. The lowest BCUT2D eigenvalue weighted by atomic mass is 10.2. The Morgan fingerprint density at radius 1 is 1.32 bits per heavy atom. The predicted octanol–water partition coefficient (Wildman–Crippen LogP) is 1.59. The largest absolute Gasteiger partial charge is 0.481 e. The van der Waals surface area contributed by atoms with Crippen LogP contribution in [0, 0.1) is 0 Å². The number of aliphatic carboxylic acids is 1. The summed E-state index contributed by atoms with van der Waals surface area (Å²) in [5.41, 5.74) is 5.59. The number of rotatable bonds is 6. The third-order valence-electron chi connectivity index (χ3n) is 2.27. The van der Waals surface area contributed by atoms with Gasteiger partial charge in [-0.3, -0.25) is 4.79 Å². The van der Waals surface area contributed by atoms with E-state index in [1.165, 1.54) is 18.2 Å². The first-order chi connectivity index (χ1) is 8.42. The lowest BCUT2D eigenvalue weighted by Crippen LogP contribution is -2.18. The molecule has 1 aromatic carbocycles. The molecule has 1 rings (SSSR count).